The summed E-state index contributed by atoms with van der Waals surface area (Å²) in [7, 11) is 0. The molecule has 4 aromatic rings. The maximum atomic E-state index is 13.9. The molecule has 17 nitrogen and oxygen atoms in total. The van der Waals surface area contributed by atoms with Crippen molar-refractivity contribution in [1.82, 2.24) is 28.9 Å². The predicted octanol–water partition coefficient (Wildman–Crippen LogP) is 6.95. The zero-order chi connectivity index (χ0) is 52.2. The molecule has 0 spiro atoms. The molecule has 0 radical (unpaired) electrons. The molecule has 2 aromatic heterocycles. The van der Waals surface area contributed by atoms with E-state index in [4.69, 9.17) is 19.6 Å². The summed E-state index contributed by atoms with van der Waals surface area (Å²) >= 11 is 0. The number of fused-ring (bicyclic) bond motifs is 10. The van der Waals surface area contributed by atoms with Crippen molar-refractivity contribution in [3.63, 3.8) is 0 Å². The van der Waals surface area contributed by atoms with Crippen LogP contribution in [0.2, 0.25) is 0 Å². The van der Waals surface area contributed by atoms with Gasteiger partial charge in [0, 0.05) is 48.3 Å². The van der Waals surface area contributed by atoms with Crippen molar-refractivity contribution in [2.75, 3.05) is 13.2 Å². The fourth-order valence-electron chi connectivity index (χ4n) is 16.4. The normalized spacial score (nSPS) is 31.1. The van der Waals surface area contributed by atoms with Crippen molar-refractivity contribution in [2.24, 2.45) is 34.2 Å². The van der Waals surface area contributed by atoms with Crippen molar-refractivity contribution in [1.29, 1.82) is 0 Å². The van der Waals surface area contributed by atoms with E-state index in [2.05, 4.69) is 24.9 Å². The van der Waals surface area contributed by atoms with Crippen LogP contribution >= 0.6 is 0 Å². The molecule has 76 heavy (non-hydrogen) atoms. The van der Waals surface area contributed by atoms with Gasteiger partial charge in [0.2, 0.25) is 5.71 Å². The number of ether oxygens (including phenoxy) is 2. The number of oxime groups is 1. The number of para-hydroxylation sites is 4. The van der Waals surface area contributed by atoms with Gasteiger partial charge in [-0.05, 0) is 152 Å². The van der Waals surface area contributed by atoms with Gasteiger partial charge in [0.1, 0.15) is 5.69 Å². The standard InChI is InChI=1S/C29H38N4O4.C29H39N3O3.HNO2.Na/c1-2-37-29(35)27(31-36)26-28(34)33(25-12-4-3-11-24(25)30-26)23-16-20-9-6-10-21(17-23)32(20)22-14-18-7-5-8-19(13-18)15-22;1-2-35-28(33)18-26-29(34)32(27-12-4-3-11-25(27)30-26)24-16-21-9-6-10-22(17-24)31(21)23-14-19-7-5-8-20(13-19)15-23;2-1-3;/h3-4,11-12,18-23,36H,2,5-10,13-17H2,1H3;3-4,11-12,19-24H,2,5-10,13-18H2,1H3;(H,2,3);/q;;;+1/p-1/b31-27-;;;/t18?,19?,20-,21+,22?,23?;19?,20?,21-,22+,23?,24?;;. The van der Waals surface area contributed by atoms with Crippen LogP contribution in [0.1, 0.15) is 179 Å². The van der Waals surface area contributed by atoms with E-state index in [1.807, 2.05) is 57.7 Å². The first-order valence-electron chi connectivity index (χ1n) is 28.7. The van der Waals surface area contributed by atoms with Crippen molar-refractivity contribution in [3.8, 4) is 0 Å². The number of nitrogens with zero attached hydrogens (tertiary/aromatic N) is 8. The Morgan fingerprint density at radius 3 is 1.42 bits per heavy atom. The number of rotatable bonds is 10. The zero-order valence-electron chi connectivity index (χ0n) is 45.0. The summed E-state index contributed by atoms with van der Waals surface area (Å²) < 4.78 is 14.0. The Bertz CT molecular complexity index is 2790. The van der Waals surface area contributed by atoms with Crippen molar-refractivity contribution in [3.05, 3.63) is 90.7 Å². The molecule has 4 aliphatic heterocycles. The monoisotopic (exact) mass is 1050 g/mol. The molecule has 10 atom stereocenters. The van der Waals surface area contributed by atoms with Gasteiger partial charge in [0.05, 0.1) is 41.7 Å². The minimum Gasteiger partial charge on any atom is -0.466 e. The Balaban J connectivity index is 0.000000175. The molecule has 4 saturated heterocycles. The Kier molecular flexibility index (Phi) is 18.8. The Morgan fingerprint density at radius 1 is 0.579 bits per heavy atom. The Morgan fingerprint density at radius 2 is 0.987 bits per heavy atom. The molecule has 8 bridgehead atoms. The maximum absolute atomic E-state index is 13.9. The summed E-state index contributed by atoms with van der Waals surface area (Å²) in [6.07, 6.45) is 28.0. The first-order chi connectivity index (χ1) is 36.6. The zero-order valence-corrected chi connectivity index (χ0v) is 47.0. The Labute approximate surface area is 467 Å². The van der Waals surface area contributed by atoms with E-state index in [-0.39, 0.29) is 77.5 Å². The van der Waals surface area contributed by atoms with Crippen LogP contribution < -0.4 is 40.7 Å². The van der Waals surface area contributed by atoms with E-state index in [0.717, 1.165) is 77.3 Å². The first kappa shape index (κ1) is 56.2. The Hall–Kier alpha value is -4.55. The summed E-state index contributed by atoms with van der Waals surface area (Å²) in [6.45, 7) is 3.89. The molecule has 4 saturated carbocycles. The molecule has 2 aromatic carbocycles. The minimum atomic E-state index is -0.842. The van der Waals surface area contributed by atoms with Crippen LogP contribution in [0.3, 0.4) is 0 Å². The van der Waals surface area contributed by atoms with E-state index in [0.29, 0.717) is 48.0 Å². The molecule has 1 N–H and O–H groups in total. The van der Waals surface area contributed by atoms with Crippen LogP contribution in [0.5, 0.6) is 0 Å². The maximum Gasteiger partial charge on any atom is 1.00 e. The molecule has 6 unspecified atom stereocenters. The molecule has 404 valence electrons. The van der Waals surface area contributed by atoms with Crippen molar-refractivity contribution in [2.45, 2.75) is 210 Å². The molecule has 0 amide bonds. The average Bonchev–Trinajstić information content (AvgIpc) is 3.40. The van der Waals surface area contributed by atoms with Crippen molar-refractivity contribution >= 4 is 39.7 Å². The second-order valence-electron chi connectivity index (χ2n) is 23.2. The number of benzene rings is 2. The first-order valence-corrected chi connectivity index (χ1v) is 28.7. The summed E-state index contributed by atoms with van der Waals surface area (Å²) in [4.78, 5) is 75.3. The largest absolute Gasteiger partial charge is 1.00 e. The smallest absolute Gasteiger partial charge is 0.466 e. The third-order valence-corrected chi connectivity index (χ3v) is 18.9. The number of carbonyl (C=O) groups is 2. The van der Waals surface area contributed by atoms with Gasteiger partial charge in [-0.3, -0.25) is 24.2 Å². The summed E-state index contributed by atoms with van der Waals surface area (Å²) in [5.74, 6) is 2.43. The fourth-order valence-corrected chi connectivity index (χ4v) is 16.4. The van der Waals surface area contributed by atoms with Gasteiger partial charge in [-0.15, -0.1) is 5.34 Å². The molecule has 4 aliphatic carbocycles. The van der Waals surface area contributed by atoms with Crippen LogP contribution in [0.15, 0.2) is 68.6 Å². The van der Waals surface area contributed by atoms with Crippen LogP contribution in [-0.2, 0) is 25.5 Å². The number of hydrogen-bond acceptors (Lipinski definition) is 15. The number of piperidine rings is 4. The SMILES string of the molecule is CCOC(=O)/C(=N\O)c1nc2ccccc2n(C2C[C@H]3CCC[C@@H](C2)N3C2CC3CCCC(C3)C2)c1=O.CCOC(=O)Cc1nc2ccccc2n(C2C[C@H]3CCC[C@@H](C2)N3C2CC3CCCC(C3)C2)c1=O.O=N[O-].[Na+]. The quantitative estimate of drug-likeness (QED) is 0.0426. The summed E-state index contributed by atoms with van der Waals surface area (Å²) in [5.41, 5.74) is 2.30. The van der Waals surface area contributed by atoms with Gasteiger partial charge in [-0.1, -0.05) is 80.8 Å². The van der Waals surface area contributed by atoms with Gasteiger partial charge < -0.3 is 33.9 Å². The van der Waals surface area contributed by atoms with Gasteiger partial charge in [-0.25, -0.2) is 14.8 Å². The number of hydrogen-bond donors (Lipinski definition) is 1. The molecule has 18 heteroatoms. The number of aromatic nitrogens is 4. The van der Waals surface area contributed by atoms with Gasteiger partial charge in [0.15, 0.2) is 5.69 Å². The van der Waals surface area contributed by atoms with E-state index in [1.165, 1.54) is 116 Å². The third-order valence-electron chi connectivity index (χ3n) is 18.9. The molecule has 8 fully saturated rings. The van der Waals surface area contributed by atoms with Crippen LogP contribution in [0, 0.1) is 33.8 Å². The van der Waals surface area contributed by atoms with Gasteiger partial charge >= 0.3 is 41.5 Å². The van der Waals surface area contributed by atoms with Crippen LogP contribution in [-0.4, -0.2) is 101 Å². The third kappa shape index (κ3) is 11.9. The number of carbonyl (C=O) groups excluding carboxylic acids is 2. The van der Waals surface area contributed by atoms with Gasteiger partial charge in [-0.2, -0.15) is 0 Å². The van der Waals surface area contributed by atoms with Crippen LogP contribution in [0.25, 0.3) is 22.1 Å². The van der Waals surface area contributed by atoms with Crippen molar-refractivity contribution < 1.29 is 53.8 Å². The molecule has 8 aliphatic rings. The molecule has 12 rings (SSSR count). The second-order valence-corrected chi connectivity index (χ2v) is 23.2. The van der Waals surface area contributed by atoms with E-state index in [1.54, 1.807) is 13.8 Å². The average molecular weight is 1050 g/mol. The predicted molar refractivity (Wildman–Crippen MR) is 286 cm³/mol. The number of esters is 2. The summed E-state index contributed by atoms with van der Waals surface area (Å²) in [6, 6.07) is 19.1. The van der Waals surface area contributed by atoms with Gasteiger partial charge in [0.25, 0.3) is 11.1 Å². The molecular formula is C58H77N8NaO9. The second kappa shape index (κ2) is 25.5. The van der Waals surface area contributed by atoms with E-state index >= 15 is 0 Å². The van der Waals surface area contributed by atoms with E-state index < -0.39 is 11.7 Å². The molecular weight excluding hydrogens is 976 g/mol. The molecule has 6 heterocycles. The fraction of sp³-hybridized carbons (Fsp3) is 0.672. The topological polar surface area (TPSA) is 214 Å². The summed E-state index contributed by atoms with van der Waals surface area (Å²) in [5, 5.41) is 21.8. The van der Waals surface area contributed by atoms with Crippen LogP contribution in [0.4, 0.5) is 0 Å². The van der Waals surface area contributed by atoms with E-state index in [9.17, 15) is 24.4 Å². The minimum absolute atomic E-state index is 0.